The van der Waals surface area contributed by atoms with Gasteiger partial charge in [-0.2, -0.15) is 5.10 Å². The number of likely N-dealkylation sites (tertiary alicyclic amines) is 1. The van der Waals surface area contributed by atoms with E-state index in [1.807, 2.05) is 35.5 Å². The number of imidazole rings is 1. The van der Waals surface area contributed by atoms with Crippen LogP contribution in [0, 0.1) is 0 Å². The van der Waals surface area contributed by atoms with Crippen LogP contribution in [0.3, 0.4) is 0 Å². The smallest absolute Gasteiger partial charge is 0.269 e. The fraction of sp³-hybridized carbons (Fsp3) is 0.476. The number of β-amino-alcohol motifs (C(OH)–C–C–N with tert-alkyl or cyclic N) is 1. The monoisotopic (exact) mass is 394 g/mol. The van der Waals surface area contributed by atoms with Crippen LogP contribution in [0.1, 0.15) is 31.0 Å². The summed E-state index contributed by atoms with van der Waals surface area (Å²) in [6, 6.07) is 7.75. The van der Waals surface area contributed by atoms with Crippen molar-refractivity contribution >= 4 is 11.3 Å². The third-order valence-electron chi connectivity index (χ3n) is 6.05. The Kier molecular flexibility index (Phi) is 4.81. The predicted octanol–water partition coefficient (Wildman–Crippen LogP) is 1.30. The lowest BCUT2D eigenvalue weighted by Gasteiger charge is -2.33. The molecule has 8 heteroatoms. The average molecular weight is 394 g/mol. The summed E-state index contributed by atoms with van der Waals surface area (Å²) in [5.41, 5.74) is 2.85. The van der Waals surface area contributed by atoms with E-state index in [-0.39, 0.29) is 17.7 Å². The summed E-state index contributed by atoms with van der Waals surface area (Å²) in [4.78, 5) is 21.6. The highest BCUT2D eigenvalue weighted by atomic mass is 16.3. The first kappa shape index (κ1) is 18.3. The van der Waals surface area contributed by atoms with Gasteiger partial charge in [-0.3, -0.25) is 9.69 Å². The van der Waals surface area contributed by atoms with Crippen LogP contribution in [0.25, 0.3) is 5.65 Å². The van der Waals surface area contributed by atoms with Gasteiger partial charge in [0.25, 0.3) is 5.56 Å². The molecule has 1 N–H and O–H groups in total. The van der Waals surface area contributed by atoms with Gasteiger partial charge in [0, 0.05) is 38.4 Å². The number of aliphatic hydroxyl groups excluding tert-OH is 1. The number of hydrogen-bond donors (Lipinski definition) is 1. The van der Waals surface area contributed by atoms with Gasteiger partial charge < -0.3 is 14.4 Å². The molecule has 2 aliphatic heterocycles. The Morgan fingerprint density at radius 2 is 2.07 bits per heavy atom. The molecule has 2 fully saturated rings. The summed E-state index contributed by atoms with van der Waals surface area (Å²) in [6.45, 7) is 3.95. The fourth-order valence-electron chi connectivity index (χ4n) is 4.54. The first-order chi connectivity index (χ1) is 14.2. The number of aromatic nitrogens is 4. The largest absolute Gasteiger partial charge is 0.391 e. The summed E-state index contributed by atoms with van der Waals surface area (Å²) < 4.78 is 3.75. The van der Waals surface area contributed by atoms with Crippen molar-refractivity contribution in [2.45, 2.75) is 38.0 Å². The number of piperidine rings is 1. The lowest BCUT2D eigenvalue weighted by Crippen LogP contribution is -2.40. The van der Waals surface area contributed by atoms with E-state index in [1.165, 1.54) is 0 Å². The lowest BCUT2D eigenvalue weighted by atomic mass is 10.1. The van der Waals surface area contributed by atoms with Crippen LogP contribution >= 0.6 is 0 Å². The Hall–Kier alpha value is -2.71. The van der Waals surface area contributed by atoms with Crippen molar-refractivity contribution in [2.75, 3.05) is 31.1 Å². The molecule has 0 spiro atoms. The van der Waals surface area contributed by atoms with Crippen molar-refractivity contribution in [1.29, 1.82) is 0 Å². The number of nitrogens with zero attached hydrogens (tertiary/aromatic N) is 6. The minimum Gasteiger partial charge on any atom is -0.391 e. The van der Waals surface area contributed by atoms with Crippen molar-refractivity contribution in [3.05, 3.63) is 58.9 Å². The van der Waals surface area contributed by atoms with Gasteiger partial charge in [0.15, 0.2) is 0 Å². The minimum atomic E-state index is -0.316. The highest BCUT2D eigenvalue weighted by Crippen LogP contribution is 2.23. The molecule has 0 bridgehead atoms. The zero-order valence-electron chi connectivity index (χ0n) is 16.4. The van der Waals surface area contributed by atoms with Gasteiger partial charge in [-0.1, -0.05) is 6.07 Å². The second-order valence-corrected chi connectivity index (χ2v) is 8.09. The number of anilines is 1. The summed E-state index contributed by atoms with van der Waals surface area (Å²) in [7, 11) is 0. The molecule has 3 aromatic heterocycles. The van der Waals surface area contributed by atoms with E-state index in [9.17, 15) is 9.90 Å². The molecule has 0 aliphatic carbocycles. The number of pyridine rings is 1. The Balaban J connectivity index is 1.31. The van der Waals surface area contributed by atoms with Crippen LogP contribution in [0.15, 0.2) is 47.7 Å². The molecule has 0 amide bonds. The van der Waals surface area contributed by atoms with E-state index in [0.29, 0.717) is 6.54 Å². The zero-order valence-corrected chi connectivity index (χ0v) is 16.4. The SMILES string of the molecule is O=c1cc(N2CC[C@H](O)C2)cnn1[C@@H]1CCCN(Cc2cnc3ccccn23)C1. The molecule has 0 aromatic carbocycles. The van der Waals surface area contributed by atoms with E-state index < -0.39 is 0 Å². The van der Waals surface area contributed by atoms with Crippen LogP contribution in [0.2, 0.25) is 0 Å². The second-order valence-electron chi connectivity index (χ2n) is 8.09. The molecule has 5 heterocycles. The standard InChI is InChI=1S/C21H26N6O2/c28-19-6-9-25(15-19)17-10-21(29)27(23-12-17)16-4-3-7-24(13-16)14-18-11-22-20-5-1-2-8-26(18)20/h1-2,5,8,10-12,16,19,28H,3-4,6-7,9,13-15H2/t16-,19+/m1/s1. The van der Waals surface area contributed by atoms with Crippen molar-refractivity contribution in [3.8, 4) is 0 Å². The topological polar surface area (TPSA) is 78.9 Å². The third-order valence-corrected chi connectivity index (χ3v) is 6.05. The Morgan fingerprint density at radius 1 is 1.14 bits per heavy atom. The lowest BCUT2D eigenvalue weighted by molar-refractivity contribution is 0.158. The van der Waals surface area contributed by atoms with Gasteiger partial charge in [-0.25, -0.2) is 9.67 Å². The highest BCUT2D eigenvalue weighted by molar-refractivity contribution is 5.44. The van der Waals surface area contributed by atoms with Crippen LogP contribution in [-0.2, 0) is 6.54 Å². The maximum Gasteiger partial charge on any atom is 0.269 e. The summed E-state index contributed by atoms with van der Waals surface area (Å²) in [5, 5.41) is 14.2. The Bertz CT molecular complexity index is 1060. The number of fused-ring (bicyclic) bond motifs is 1. The maximum absolute atomic E-state index is 12.8. The Morgan fingerprint density at radius 3 is 2.90 bits per heavy atom. The molecule has 2 saturated heterocycles. The first-order valence-electron chi connectivity index (χ1n) is 10.3. The summed E-state index contributed by atoms with van der Waals surface area (Å²) in [5.74, 6) is 0. The van der Waals surface area contributed by atoms with E-state index in [0.717, 1.165) is 62.5 Å². The molecule has 8 nitrogen and oxygen atoms in total. The highest BCUT2D eigenvalue weighted by Gasteiger charge is 2.25. The third kappa shape index (κ3) is 3.65. The molecule has 2 atom stereocenters. The fourth-order valence-corrected chi connectivity index (χ4v) is 4.54. The number of aliphatic hydroxyl groups is 1. The van der Waals surface area contributed by atoms with Crippen LogP contribution < -0.4 is 10.5 Å². The molecule has 152 valence electrons. The molecular weight excluding hydrogens is 368 g/mol. The molecule has 0 radical (unpaired) electrons. The van der Waals surface area contributed by atoms with Gasteiger partial charge in [0.2, 0.25) is 0 Å². The molecule has 3 aromatic rings. The van der Waals surface area contributed by atoms with Gasteiger partial charge >= 0.3 is 0 Å². The molecule has 0 unspecified atom stereocenters. The molecular formula is C21H26N6O2. The molecule has 0 saturated carbocycles. The minimum absolute atomic E-state index is 0.0643. The van der Waals surface area contributed by atoms with Crippen LogP contribution in [0.5, 0.6) is 0 Å². The van der Waals surface area contributed by atoms with Crippen LogP contribution in [-0.4, -0.2) is 61.5 Å². The quantitative estimate of drug-likeness (QED) is 0.719. The van der Waals surface area contributed by atoms with Gasteiger partial charge in [-0.05, 0) is 37.9 Å². The van der Waals surface area contributed by atoms with Crippen molar-refractivity contribution in [3.63, 3.8) is 0 Å². The van der Waals surface area contributed by atoms with E-state index in [1.54, 1.807) is 16.9 Å². The van der Waals surface area contributed by atoms with Crippen molar-refractivity contribution in [2.24, 2.45) is 0 Å². The van der Waals surface area contributed by atoms with E-state index >= 15 is 0 Å². The molecule has 2 aliphatic rings. The van der Waals surface area contributed by atoms with Crippen molar-refractivity contribution in [1.82, 2.24) is 24.1 Å². The maximum atomic E-state index is 12.8. The summed E-state index contributed by atoms with van der Waals surface area (Å²) >= 11 is 0. The van der Waals surface area contributed by atoms with Crippen molar-refractivity contribution < 1.29 is 5.11 Å². The zero-order chi connectivity index (χ0) is 19.8. The Labute approximate surface area is 169 Å². The summed E-state index contributed by atoms with van der Waals surface area (Å²) in [6.07, 6.45) is 8.16. The van der Waals surface area contributed by atoms with Crippen LogP contribution in [0.4, 0.5) is 5.69 Å². The first-order valence-corrected chi connectivity index (χ1v) is 10.3. The second kappa shape index (κ2) is 7.61. The normalized spacial score (nSPS) is 23.1. The van der Waals surface area contributed by atoms with Gasteiger partial charge in [0.05, 0.1) is 35.9 Å². The molecule has 5 rings (SSSR count). The van der Waals surface area contributed by atoms with Gasteiger partial charge in [-0.15, -0.1) is 0 Å². The van der Waals surface area contributed by atoms with E-state index in [2.05, 4.69) is 19.4 Å². The number of hydrogen-bond acceptors (Lipinski definition) is 6. The van der Waals surface area contributed by atoms with E-state index in [4.69, 9.17) is 0 Å². The average Bonchev–Trinajstić information content (AvgIpc) is 3.35. The number of rotatable bonds is 4. The molecule has 29 heavy (non-hydrogen) atoms. The van der Waals surface area contributed by atoms with Gasteiger partial charge in [0.1, 0.15) is 5.65 Å². The predicted molar refractivity (Wildman–Crippen MR) is 110 cm³/mol.